The first-order valence-corrected chi connectivity index (χ1v) is 6.61. The van der Waals surface area contributed by atoms with Crippen LogP contribution in [0.25, 0.3) is 0 Å². The van der Waals surface area contributed by atoms with Gasteiger partial charge in [-0.2, -0.15) is 8.78 Å². The summed E-state index contributed by atoms with van der Waals surface area (Å²) in [6, 6.07) is 0. The van der Waals surface area contributed by atoms with E-state index < -0.39 is 17.7 Å². The molecule has 1 aliphatic heterocycles. The van der Waals surface area contributed by atoms with Gasteiger partial charge in [-0.1, -0.05) is 0 Å². The molecule has 2 amide bonds. The number of halogens is 2. The summed E-state index contributed by atoms with van der Waals surface area (Å²) in [7, 11) is 0. The number of nitrogens with one attached hydrogen (secondary N) is 5. The molecule has 1 saturated heterocycles. The molecule has 9 heteroatoms. The highest BCUT2D eigenvalue weighted by Crippen LogP contribution is 2.13. The zero-order valence-electron chi connectivity index (χ0n) is 11.2. The van der Waals surface area contributed by atoms with Crippen molar-refractivity contribution in [2.45, 2.75) is 5.92 Å². The van der Waals surface area contributed by atoms with Crippen LogP contribution in [0.4, 0.5) is 8.78 Å². The summed E-state index contributed by atoms with van der Waals surface area (Å²) < 4.78 is 26.9. The fourth-order valence-corrected chi connectivity index (χ4v) is 1.58. The molecule has 0 saturated carbocycles. The second-order valence-corrected chi connectivity index (χ2v) is 4.34. The first kappa shape index (κ1) is 16.7. The highest BCUT2D eigenvalue weighted by atomic mass is 19.3. The van der Waals surface area contributed by atoms with Crippen molar-refractivity contribution >= 4 is 11.8 Å². The van der Waals surface area contributed by atoms with Gasteiger partial charge >= 0.3 is 17.7 Å². The van der Waals surface area contributed by atoms with Crippen LogP contribution in [-0.2, 0) is 9.59 Å². The number of alkyl halides is 2. The maximum atomic E-state index is 13.4. The van der Waals surface area contributed by atoms with Crippen LogP contribution < -0.4 is 26.6 Å². The minimum absolute atomic E-state index is 0.0449. The number of hydrogen-bond donors (Lipinski definition) is 5. The predicted molar refractivity (Wildman–Crippen MR) is 69.6 cm³/mol. The van der Waals surface area contributed by atoms with E-state index in [1.807, 2.05) is 10.6 Å². The fraction of sp³-hybridized carbons (Fsp3) is 0.818. The van der Waals surface area contributed by atoms with Crippen molar-refractivity contribution in [2.75, 3.05) is 52.4 Å². The van der Waals surface area contributed by atoms with Crippen molar-refractivity contribution in [3.63, 3.8) is 0 Å². The number of amides is 2. The molecule has 0 aromatic rings. The lowest BCUT2D eigenvalue weighted by atomic mass is 10.3. The van der Waals surface area contributed by atoms with Crippen molar-refractivity contribution < 1.29 is 18.4 Å². The molecule has 0 aromatic heterocycles. The van der Waals surface area contributed by atoms with Crippen LogP contribution in [0.2, 0.25) is 0 Å². The van der Waals surface area contributed by atoms with Crippen LogP contribution in [-0.4, -0.2) is 70.1 Å². The van der Waals surface area contributed by atoms with Crippen LogP contribution in [0.5, 0.6) is 0 Å². The molecule has 7 nitrogen and oxygen atoms in total. The van der Waals surface area contributed by atoms with Gasteiger partial charge in [-0.25, -0.2) is 0 Å². The normalized spacial score (nSPS) is 23.7. The predicted octanol–water partition coefficient (Wildman–Crippen LogP) is -2.36. The molecule has 0 atom stereocenters. The molecule has 1 fully saturated rings. The van der Waals surface area contributed by atoms with E-state index in [0.29, 0.717) is 26.2 Å². The summed E-state index contributed by atoms with van der Waals surface area (Å²) in [6.07, 6.45) is 0. The standard InChI is InChI=1S/C11H21F2N5O2/c12-11(13)9(19)17-7-5-15-3-1-14-2-4-16-6-8-18-10(11)20/h14-16H,1-8H2,(H,17,19)(H,18,20). The molecule has 116 valence electrons. The maximum Gasteiger partial charge on any atom is 0.400 e. The molecule has 0 spiro atoms. The van der Waals surface area contributed by atoms with Crippen molar-refractivity contribution in [3.05, 3.63) is 0 Å². The average Bonchev–Trinajstić information content (AvgIpc) is 2.42. The van der Waals surface area contributed by atoms with Crippen molar-refractivity contribution in [2.24, 2.45) is 0 Å². The van der Waals surface area contributed by atoms with E-state index in [9.17, 15) is 18.4 Å². The molecule has 5 N–H and O–H groups in total. The van der Waals surface area contributed by atoms with Gasteiger partial charge in [-0.15, -0.1) is 0 Å². The molecule has 1 rings (SSSR count). The molecule has 1 heterocycles. The molecule has 0 unspecified atom stereocenters. The zero-order chi connectivity index (χ0) is 14.8. The smallest absolute Gasteiger partial charge is 0.349 e. The van der Waals surface area contributed by atoms with Crippen molar-refractivity contribution in [1.82, 2.24) is 26.6 Å². The summed E-state index contributed by atoms with van der Waals surface area (Å²) >= 11 is 0. The molecule has 0 aliphatic carbocycles. The Morgan fingerprint density at radius 3 is 1.30 bits per heavy atom. The molecular weight excluding hydrogens is 272 g/mol. The van der Waals surface area contributed by atoms with Gasteiger partial charge in [0.1, 0.15) is 0 Å². The minimum atomic E-state index is -4.04. The van der Waals surface area contributed by atoms with Crippen LogP contribution in [0, 0.1) is 0 Å². The Labute approximate surface area is 116 Å². The van der Waals surface area contributed by atoms with Crippen LogP contribution in [0.1, 0.15) is 0 Å². The lowest BCUT2D eigenvalue weighted by Crippen LogP contribution is -2.53. The minimum Gasteiger partial charge on any atom is -0.349 e. The average molecular weight is 293 g/mol. The monoisotopic (exact) mass is 293 g/mol. The van der Waals surface area contributed by atoms with E-state index >= 15 is 0 Å². The lowest BCUT2D eigenvalue weighted by Gasteiger charge is -2.16. The van der Waals surface area contributed by atoms with E-state index in [2.05, 4.69) is 16.0 Å². The van der Waals surface area contributed by atoms with E-state index in [4.69, 9.17) is 0 Å². The fourth-order valence-electron chi connectivity index (χ4n) is 1.58. The molecule has 1 aliphatic rings. The molecule has 0 aromatic carbocycles. The van der Waals surface area contributed by atoms with Crippen molar-refractivity contribution in [3.8, 4) is 0 Å². The highest BCUT2D eigenvalue weighted by Gasteiger charge is 2.46. The number of hydrogen-bond acceptors (Lipinski definition) is 5. The van der Waals surface area contributed by atoms with E-state index in [1.165, 1.54) is 0 Å². The van der Waals surface area contributed by atoms with E-state index in [-0.39, 0.29) is 13.1 Å². The molecule has 0 bridgehead atoms. The number of carbonyl (C=O) groups excluding carboxylic acids is 2. The maximum absolute atomic E-state index is 13.4. The van der Waals surface area contributed by atoms with Gasteiger partial charge in [0.25, 0.3) is 0 Å². The third kappa shape index (κ3) is 5.76. The van der Waals surface area contributed by atoms with Gasteiger partial charge < -0.3 is 26.6 Å². The van der Waals surface area contributed by atoms with E-state index in [1.54, 1.807) is 0 Å². The molecular formula is C11H21F2N5O2. The van der Waals surface area contributed by atoms with Crippen LogP contribution in [0.3, 0.4) is 0 Å². The van der Waals surface area contributed by atoms with Crippen LogP contribution >= 0.6 is 0 Å². The lowest BCUT2D eigenvalue weighted by molar-refractivity contribution is -0.159. The topological polar surface area (TPSA) is 94.3 Å². The Bertz CT molecular complexity index is 300. The summed E-state index contributed by atoms with van der Waals surface area (Å²) in [5.41, 5.74) is 0. The van der Waals surface area contributed by atoms with Gasteiger partial charge in [-0.3, -0.25) is 9.59 Å². The quantitative estimate of drug-likeness (QED) is 0.322. The second-order valence-electron chi connectivity index (χ2n) is 4.34. The molecule has 0 radical (unpaired) electrons. The zero-order valence-corrected chi connectivity index (χ0v) is 11.2. The van der Waals surface area contributed by atoms with Gasteiger partial charge in [0.2, 0.25) is 0 Å². The summed E-state index contributed by atoms with van der Waals surface area (Å²) in [5, 5.41) is 13.2. The van der Waals surface area contributed by atoms with Gasteiger partial charge in [0.05, 0.1) is 0 Å². The van der Waals surface area contributed by atoms with Crippen LogP contribution in [0.15, 0.2) is 0 Å². The first-order chi connectivity index (χ1) is 9.55. The Balaban J connectivity index is 2.47. The third-order valence-electron chi connectivity index (χ3n) is 2.70. The Hall–Kier alpha value is -1.32. The number of carbonyl (C=O) groups is 2. The molecule has 20 heavy (non-hydrogen) atoms. The first-order valence-electron chi connectivity index (χ1n) is 6.61. The summed E-state index contributed by atoms with van der Waals surface area (Å²) in [5.74, 6) is -7.19. The summed E-state index contributed by atoms with van der Waals surface area (Å²) in [4.78, 5) is 22.5. The Kier molecular flexibility index (Phi) is 7.34. The SMILES string of the molecule is O=C1NCCNCCNCCNCCNC(=O)C1(F)F. The largest absolute Gasteiger partial charge is 0.400 e. The number of rotatable bonds is 0. The second kappa shape index (κ2) is 8.77. The third-order valence-corrected chi connectivity index (χ3v) is 2.70. The highest BCUT2D eigenvalue weighted by molar-refractivity contribution is 6.06. The summed E-state index contributed by atoms with van der Waals surface area (Å²) in [6.45, 7) is 3.67. The van der Waals surface area contributed by atoms with Gasteiger partial charge in [0, 0.05) is 52.4 Å². The Morgan fingerprint density at radius 2 is 0.950 bits per heavy atom. The Morgan fingerprint density at radius 1 is 0.650 bits per heavy atom. The van der Waals surface area contributed by atoms with Gasteiger partial charge in [-0.05, 0) is 0 Å². The van der Waals surface area contributed by atoms with Gasteiger partial charge in [0.15, 0.2) is 0 Å². The van der Waals surface area contributed by atoms with Crippen molar-refractivity contribution in [1.29, 1.82) is 0 Å². The van der Waals surface area contributed by atoms with E-state index in [0.717, 1.165) is 13.1 Å².